The van der Waals surface area contributed by atoms with Gasteiger partial charge in [0.2, 0.25) is 0 Å². The summed E-state index contributed by atoms with van der Waals surface area (Å²) in [4.78, 5) is 11.6. The molecule has 6 rings (SSSR count). The summed E-state index contributed by atoms with van der Waals surface area (Å²) in [6.45, 7) is 1.86. The first kappa shape index (κ1) is 18.1. The van der Waals surface area contributed by atoms with E-state index in [2.05, 4.69) is 29.6 Å². The van der Waals surface area contributed by atoms with Crippen LogP contribution in [0.5, 0.6) is 0 Å². The molecule has 1 aromatic rings. The molecule has 3 fully saturated rings. The first-order valence-corrected chi connectivity index (χ1v) is 10.0. The number of nitrogens with zero attached hydrogens (tertiary/aromatic N) is 1. The highest BCUT2D eigenvalue weighted by molar-refractivity contribution is 5.68. The number of aliphatic carboxylic acids is 1. The summed E-state index contributed by atoms with van der Waals surface area (Å²) in [5.74, 6) is -0.395. The quantitative estimate of drug-likeness (QED) is 0.524. The average molecular weight is 387 g/mol. The Kier molecular flexibility index (Phi) is 3.75. The van der Waals surface area contributed by atoms with Gasteiger partial charge < -0.3 is 20.6 Å². The SMILES string of the molecule is O.O=C(O)CC1OCC=C2C[N+]3(O)CCC45c6ccccc6NC4C1C2CC53. The Morgan fingerprint density at radius 2 is 2.18 bits per heavy atom. The molecule has 0 amide bonds. The van der Waals surface area contributed by atoms with Crippen molar-refractivity contribution in [1.29, 1.82) is 0 Å². The van der Waals surface area contributed by atoms with Gasteiger partial charge in [0.05, 0.1) is 24.5 Å². The monoisotopic (exact) mass is 387 g/mol. The van der Waals surface area contributed by atoms with E-state index in [0.717, 1.165) is 25.1 Å². The summed E-state index contributed by atoms with van der Waals surface area (Å²) in [7, 11) is 0. The van der Waals surface area contributed by atoms with Crippen molar-refractivity contribution in [1.82, 2.24) is 0 Å². The molecule has 5 N–H and O–H groups in total. The Hall–Kier alpha value is -1.93. The van der Waals surface area contributed by atoms with Crippen LogP contribution in [0, 0.1) is 11.8 Å². The van der Waals surface area contributed by atoms with Crippen molar-refractivity contribution in [3.63, 3.8) is 0 Å². The molecule has 1 aliphatic carbocycles. The number of hydrogen-bond donors (Lipinski definition) is 3. The molecule has 2 bridgehead atoms. The highest BCUT2D eigenvalue weighted by atomic mass is 16.6. The number of anilines is 1. The third-order valence-electron chi connectivity index (χ3n) is 8.10. The van der Waals surface area contributed by atoms with Gasteiger partial charge in [0.1, 0.15) is 19.1 Å². The molecule has 4 heterocycles. The summed E-state index contributed by atoms with van der Waals surface area (Å²) in [5, 5.41) is 24.8. The van der Waals surface area contributed by atoms with Crippen molar-refractivity contribution in [3.05, 3.63) is 41.5 Å². The molecule has 28 heavy (non-hydrogen) atoms. The van der Waals surface area contributed by atoms with Crippen LogP contribution in [0.3, 0.4) is 0 Å². The molecule has 0 radical (unpaired) electrons. The number of quaternary nitrogens is 1. The van der Waals surface area contributed by atoms with Gasteiger partial charge >= 0.3 is 5.97 Å². The van der Waals surface area contributed by atoms with Crippen LogP contribution in [0.2, 0.25) is 0 Å². The number of nitrogens with one attached hydrogen (secondary N) is 1. The van der Waals surface area contributed by atoms with Gasteiger partial charge in [-0.25, -0.2) is 5.21 Å². The molecule has 7 unspecified atom stereocenters. The largest absolute Gasteiger partial charge is 0.481 e. The van der Waals surface area contributed by atoms with Gasteiger partial charge in [0.25, 0.3) is 0 Å². The highest BCUT2D eigenvalue weighted by Gasteiger charge is 2.73. The Morgan fingerprint density at radius 3 is 3.00 bits per heavy atom. The van der Waals surface area contributed by atoms with Crippen molar-refractivity contribution in [2.24, 2.45) is 11.8 Å². The van der Waals surface area contributed by atoms with Crippen LogP contribution in [0.25, 0.3) is 0 Å². The lowest BCUT2D eigenvalue weighted by molar-refractivity contribution is -1.11. The Bertz CT molecular complexity index is 872. The molecule has 1 saturated carbocycles. The number of benzene rings is 1. The fourth-order valence-electron chi connectivity index (χ4n) is 7.23. The van der Waals surface area contributed by atoms with Crippen LogP contribution in [0.1, 0.15) is 24.8 Å². The van der Waals surface area contributed by atoms with Gasteiger partial charge in [0.15, 0.2) is 0 Å². The van der Waals surface area contributed by atoms with Gasteiger partial charge in [-0.05, 0) is 23.1 Å². The second-order valence-corrected chi connectivity index (χ2v) is 9.01. The van der Waals surface area contributed by atoms with Gasteiger partial charge in [-0.1, -0.05) is 24.3 Å². The van der Waals surface area contributed by atoms with Crippen molar-refractivity contribution in [2.45, 2.75) is 42.9 Å². The number of fused-ring (bicyclic) bond motifs is 2. The fourth-order valence-corrected chi connectivity index (χ4v) is 7.23. The molecule has 0 aromatic heterocycles. The van der Waals surface area contributed by atoms with Crippen LogP contribution >= 0.6 is 0 Å². The van der Waals surface area contributed by atoms with Gasteiger partial charge in [-0.3, -0.25) is 4.79 Å². The number of carboxylic acid groups (broad SMARTS) is 1. The third kappa shape index (κ3) is 2.05. The third-order valence-corrected chi connectivity index (χ3v) is 8.10. The number of para-hydroxylation sites is 1. The number of carbonyl (C=O) groups is 1. The lowest BCUT2D eigenvalue weighted by atomic mass is 9.54. The number of piperidine rings is 1. The average Bonchev–Trinajstić information content (AvgIpc) is 3.08. The lowest BCUT2D eigenvalue weighted by Crippen LogP contribution is -2.68. The van der Waals surface area contributed by atoms with E-state index in [1.807, 2.05) is 6.07 Å². The Balaban J connectivity index is 0.00000171. The van der Waals surface area contributed by atoms with Crippen molar-refractivity contribution in [2.75, 3.05) is 25.0 Å². The van der Waals surface area contributed by atoms with Crippen LogP contribution in [0.4, 0.5) is 5.69 Å². The van der Waals surface area contributed by atoms with Crippen molar-refractivity contribution < 1.29 is 30.0 Å². The molecular weight excluding hydrogens is 360 g/mol. The molecule has 7 nitrogen and oxygen atoms in total. The van der Waals surface area contributed by atoms with Crippen LogP contribution < -0.4 is 5.32 Å². The second-order valence-electron chi connectivity index (χ2n) is 9.01. The molecule has 5 aliphatic rings. The number of ether oxygens (including phenoxy) is 1. The Morgan fingerprint density at radius 1 is 1.36 bits per heavy atom. The van der Waals surface area contributed by atoms with Crippen LogP contribution in [-0.2, 0) is 14.9 Å². The fraction of sp³-hybridized carbons (Fsp3) is 0.571. The predicted octanol–water partition coefficient (Wildman–Crippen LogP) is 1.32. The summed E-state index contributed by atoms with van der Waals surface area (Å²) in [5.41, 5.74) is 3.58. The van der Waals surface area contributed by atoms with E-state index in [9.17, 15) is 15.1 Å². The zero-order chi connectivity index (χ0) is 18.4. The van der Waals surface area contributed by atoms with E-state index in [1.165, 1.54) is 11.1 Å². The van der Waals surface area contributed by atoms with Gasteiger partial charge in [-0.15, -0.1) is 0 Å². The summed E-state index contributed by atoms with van der Waals surface area (Å²) in [6, 6.07) is 8.73. The van der Waals surface area contributed by atoms with E-state index in [-0.39, 0.29) is 46.1 Å². The van der Waals surface area contributed by atoms with E-state index in [0.29, 0.717) is 19.1 Å². The molecule has 1 aromatic carbocycles. The zero-order valence-corrected chi connectivity index (χ0v) is 15.7. The van der Waals surface area contributed by atoms with Crippen molar-refractivity contribution in [3.8, 4) is 0 Å². The second kappa shape index (κ2) is 5.79. The molecule has 4 aliphatic heterocycles. The number of hydroxylamine groups is 3. The summed E-state index contributed by atoms with van der Waals surface area (Å²) < 4.78 is 6.22. The van der Waals surface area contributed by atoms with E-state index in [1.54, 1.807) is 0 Å². The minimum Gasteiger partial charge on any atom is -0.481 e. The van der Waals surface area contributed by atoms with E-state index < -0.39 is 5.97 Å². The lowest BCUT2D eigenvalue weighted by Gasteiger charge is -2.55. The van der Waals surface area contributed by atoms with Crippen LogP contribution in [-0.4, -0.2) is 64.3 Å². The molecule has 150 valence electrons. The smallest absolute Gasteiger partial charge is 0.305 e. The maximum Gasteiger partial charge on any atom is 0.305 e. The summed E-state index contributed by atoms with van der Waals surface area (Å²) in [6.07, 6.45) is 3.69. The number of hydrogen-bond acceptors (Lipinski definition) is 4. The molecule has 7 atom stereocenters. The normalized spacial score (nSPS) is 44.3. The van der Waals surface area contributed by atoms with E-state index in [4.69, 9.17) is 4.74 Å². The first-order valence-electron chi connectivity index (χ1n) is 10.0. The van der Waals surface area contributed by atoms with Crippen LogP contribution in [0.15, 0.2) is 35.9 Å². The number of carboxylic acids is 1. The molecular formula is C21H27N2O5+. The molecule has 1 spiro atoms. The maximum atomic E-state index is 11.6. The van der Waals surface area contributed by atoms with E-state index >= 15 is 0 Å². The maximum absolute atomic E-state index is 11.6. The highest BCUT2D eigenvalue weighted by Crippen LogP contribution is 2.64. The van der Waals surface area contributed by atoms with Gasteiger partial charge in [-0.2, -0.15) is 4.65 Å². The standard InChI is InChI=1S/C21H24N2O4.H2O/c24-18(25)10-16-19-13-9-17-21(14-3-1-2-4-15(14)22-20(19)21)6-7-23(17,26)11-12(13)5-8-27-16;/h1-5,13,16-17,19-20,22,26H,6-11H2;1H2/p+1. The number of rotatable bonds is 2. The topological polar surface area (TPSA) is 110 Å². The Labute approximate surface area is 163 Å². The predicted molar refractivity (Wildman–Crippen MR) is 101 cm³/mol. The van der Waals surface area contributed by atoms with Crippen molar-refractivity contribution >= 4 is 11.7 Å². The van der Waals surface area contributed by atoms with Gasteiger partial charge in [0, 0.05) is 30.5 Å². The summed E-state index contributed by atoms with van der Waals surface area (Å²) >= 11 is 0. The molecule has 7 heteroatoms. The zero-order valence-electron chi connectivity index (χ0n) is 15.7. The minimum absolute atomic E-state index is 0. The first-order chi connectivity index (χ1) is 13.0. The molecule has 2 saturated heterocycles. The minimum atomic E-state index is -0.801.